The predicted molar refractivity (Wildman–Crippen MR) is 618 cm³/mol. The Morgan fingerprint density at radius 2 is 0.322 bits per heavy atom. The molecule has 0 aliphatic heterocycles. The van der Waals surface area contributed by atoms with Crippen molar-refractivity contribution >= 4 is 152 Å². The van der Waals surface area contributed by atoms with Crippen molar-refractivity contribution in [3.63, 3.8) is 0 Å². The summed E-state index contributed by atoms with van der Waals surface area (Å²) < 4.78 is 14.5. The Morgan fingerprint density at radius 1 is 0.0959 bits per heavy atom. The third kappa shape index (κ3) is 14.3. The van der Waals surface area contributed by atoms with E-state index in [1.165, 1.54) is 259 Å². The first kappa shape index (κ1) is 84.7. The Labute approximate surface area is 843 Å². The first-order valence-corrected chi connectivity index (χ1v) is 50.3. The van der Waals surface area contributed by atoms with Crippen LogP contribution in [0.4, 0.5) is 0 Å². The molecule has 0 atom stereocenters. The Kier molecular flexibility index (Phi) is 20.5. The molecule has 0 aliphatic carbocycles. The van der Waals surface area contributed by atoms with Crippen molar-refractivity contribution in [2.75, 3.05) is 0 Å². The van der Waals surface area contributed by atoms with Gasteiger partial charge in [0, 0.05) is 98.1 Å². The number of fused-ring (bicyclic) bond motifs is 20. The number of hydrogen-bond donors (Lipinski definition) is 0. The lowest BCUT2D eigenvalue weighted by Crippen LogP contribution is -1.97. The topological polar surface area (TPSA) is 29.6 Å². The molecule has 0 radical (unpaired) electrons. The Hall–Kier alpha value is -19.4. The summed E-state index contributed by atoms with van der Waals surface area (Å²) in [6.07, 6.45) is 0. The van der Waals surface area contributed by atoms with E-state index in [0.29, 0.717) is 0 Å². The van der Waals surface area contributed by atoms with Crippen molar-refractivity contribution in [1.82, 2.24) is 27.4 Å². The number of benzene rings is 24. The molecule has 0 spiro atoms. The van der Waals surface area contributed by atoms with E-state index in [0.717, 1.165) is 5.69 Å². The minimum Gasteiger partial charge on any atom is -0.309 e. The normalized spacial score (nSPS) is 11.7. The number of para-hydroxylation sites is 9. The summed E-state index contributed by atoms with van der Waals surface area (Å²) in [5.41, 5.74) is 38.6. The van der Waals surface area contributed by atoms with Gasteiger partial charge in [0.25, 0.3) is 0 Å². The Morgan fingerprint density at radius 3 is 0.678 bits per heavy atom. The number of aromatic nitrogens is 6. The van der Waals surface area contributed by atoms with Crippen molar-refractivity contribution in [2.24, 2.45) is 0 Å². The predicted octanol–water partition coefficient (Wildman–Crippen LogP) is 37.6. The van der Waals surface area contributed by atoms with Crippen LogP contribution in [0.3, 0.4) is 0 Å². The minimum absolute atomic E-state index is 1.16. The molecule has 30 aromatic rings. The molecule has 146 heavy (non-hydrogen) atoms. The second kappa shape index (κ2) is 35.4. The van der Waals surface area contributed by atoms with Crippen molar-refractivity contribution in [1.29, 1.82) is 0 Å². The molecule has 0 saturated heterocycles. The highest BCUT2D eigenvalue weighted by Crippen LogP contribution is 2.47. The summed E-state index contributed by atoms with van der Waals surface area (Å²) in [4.78, 5) is 0. The van der Waals surface area contributed by atoms with Gasteiger partial charge in [-0.1, -0.05) is 400 Å². The van der Waals surface area contributed by atoms with Crippen LogP contribution in [-0.4, -0.2) is 27.4 Å². The summed E-state index contributed by atoms with van der Waals surface area (Å²) in [7, 11) is 0. The van der Waals surface area contributed by atoms with Crippen LogP contribution in [0, 0.1) is 0 Å². The largest absolute Gasteiger partial charge is 0.309 e. The van der Waals surface area contributed by atoms with Crippen LogP contribution in [0.1, 0.15) is 0 Å². The second-order valence-corrected chi connectivity index (χ2v) is 38.1. The zero-order valence-corrected chi connectivity index (χ0v) is 79.8. The minimum atomic E-state index is 1.16. The lowest BCUT2D eigenvalue weighted by molar-refractivity contribution is 1.18. The molecular weight excluding hydrogens is 1770 g/mol. The molecule has 682 valence electrons. The van der Waals surface area contributed by atoms with Gasteiger partial charge in [0.05, 0.1) is 88.9 Å². The van der Waals surface area contributed by atoms with Gasteiger partial charge in [-0.25, -0.2) is 0 Å². The van der Waals surface area contributed by atoms with Crippen LogP contribution in [-0.2, 0) is 0 Å². The number of hydrogen-bond acceptors (Lipinski definition) is 0. The lowest BCUT2D eigenvalue weighted by atomic mass is 10.0. The second-order valence-electron chi connectivity index (χ2n) is 38.1. The number of nitrogens with zero attached hydrogens (tertiary/aromatic N) is 6. The van der Waals surface area contributed by atoms with E-state index in [1.807, 2.05) is 0 Å². The van der Waals surface area contributed by atoms with Gasteiger partial charge in [-0.15, -0.1) is 0 Å². The molecular formula is C140H92N6. The molecule has 6 nitrogen and oxygen atoms in total. The van der Waals surface area contributed by atoms with E-state index in [2.05, 4.69) is 586 Å². The van der Waals surface area contributed by atoms with Crippen LogP contribution in [0.2, 0.25) is 0 Å². The molecule has 6 aromatic heterocycles. The van der Waals surface area contributed by atoms with E-state index >= 15 is 0 Å². The summed E-state index contributed by atoms with van der Waals surface area (Å²) in [6, 6.07) is 203. The summed E-state index contributed by atoms with van der Waals surface area (Å²) in [5.74, 6) is 0. The van der Waals surface area contributed by atoms with E-state index in [1.54, 1.807) is 0 Å². The molecule has 0 saturated carbocycles. The van der Waals surface area contributed by atoms with Gasteiger partial charge in [0.15, 0.2) is 0 Å². The fourth-order valence-electron chi connectivity index (χ4n) is 23.3. The van der Waals surface area contributed by atoms with E-state index in [-0.39, 0.29) is 0 Å². The van der Waals surface area contributed by atoms with E-state index in [9.17, 15) is 0 Å². The lowest BCUT2D eigenvalue weighted by Gasteiger charge is -2.14. The smallest absolute Gasteiger partial charge is 0.0541 e. The zero-order chi connectivity index (χ0) is 96.2. The van der Waals surface area contributed by atoms with Crippen molar-refractivity contribution in [3.05, 3.63) is 558 Å². The first-order valence-electron chi connectivity index (χ1n) is 50.3. The molecule has 6 heteroatoms. The molecule has 0 N–H and O–H groups in total. The van der Waals surface area contributed by atoms with Gasteiger partial charge < -0.3 is 27.4 Å². The summed E-state index contributed by atoms with van der Waals surface area (Å²) >= 11 is 0. The van der Waals surface area contributed by atoms with Gasteiger partial charge in [0.1, 0.15) is 0 Å². The quantitative estimate of drug-likeness (QED) is 0.110. The Balaban J connectivity index is 0.000000106. The highest BCUT2D eigenvalue weighted by molar-refractivity contribution is 6.18. The fourth-order valence-corrected chi connectivity index (χ4v) is 23.3. The molecule has 0 aliphatic rings. The highest BCUT2D eigenvalue weighted by Gasteiger charge is 2.25. The van der Waals surface area contributed by atoms with Crippen molar-refractivity contribution in [3.8, 4) is 112 Å². The van der Waals surface area contributed by atoms with Gasteiger partial charge >= 0.3 is 0 Å². The molecule has 24 aromatic carbocycles. The van der Waals surface area contributed by atoms with Crippen LogP contribution in [0.15, 0.2) is 558 Å². The molecule has 6 heterocycles. The van der Waals surface area contributed by atoms with Gasteiger partial charge in [-0.05, 0) is 235 Å². The monoisotopic (exact) mass is 1860 g/mol. The Bertz CT molecular complexity index is 10400. The first-order chi connectivity index (χ1) is 72.5. The van der Waals surface area contributed by atoms with Crippen molar-refractivity contribution < 1.29 is 0 Å². The van der Waals surface area contributed by atoms with Crippen LogP contribution in [0.5, 0.6) is 0 Å². The summed E-state index contributed by atoms with van der Waals surface area (Å²) in [5, 5.41) is 20.1. The summed E-state index contributed by atoms with van der Waals surface area (Å²) in [6.45, 7) is 0. The van der Waals surface area contributed by atoms with E-state index < -0.39 is 0 Å². The van der Waals surface area contributed by atoms with Gasteiger partial charge in [0.2, 0.25) is 0 Å². The third-order valence-electron chi connectivity index (χ3n) is 29.9. The van der Waals surface area contributed by atoms with Crippen LogP contribution >= 0.6 is 0 Å². The van der Waals surface area contributed by atoms with Crippen LogP contribution < -0.4 is 0 Å². The average Bonchev–Trinajstić information content (AvgIpc) is 1.59. The maximum Gasteiger partial charge on any atom is 0.0541 e. The van der Waals surface area contributed by atoms with Gasteiger partial charge in [-0.2, -0.15) is 0 Å². The number of rotatable bonds is 13. The molecule has 0 amide bonds. The van der Waals surface area contributed by atoms with E-state index in [4.69, 9.17) is 0 Å². The highest BCUT2D eigenvalue weighted by atomic mass is 15.0. The third-order valence-corrected chi connectivity index (χ3v) is 29.9. The standard InChI is InChI=1S/C48H32N2.2C46H30N2/c1-3-14-33(15-4-1)35-18-13-19-38(30-35)49-45-24-11-8-21-40(45)42-31-36(26-28-47(42)49)37-27-29-48-43(32-37)41-22-9-12-25-46(41)50(48)44-23-10-7-20-39(44)34-16-5-2-6-17-34;1-2-13-31(14-3-1)35-18-6-9-21-41(35)47-43-22-10-7-19-37(43)39-29-33(25-27-45(39)47)34-26-28-46-40(30-34)38-20-8-11-23-44(38)48(46)42-24-12-16-32-15-4-5-17-36(32)42;1-2-13-32(14-3-1)37-16-6-9-19-42(37)48-44-21-11-8-18-39(44)41-30-35(24-27-46(41)48)34-23-26-45-40(29-34)38-17-7-10-20-43(38)47(45)36-25-22-31-12-4-5-15-33(31)28-36/h1-32H;2*1-30H. The van der Waals surface area contributed by atoms with Crippen LogP contribution in [0.25, 0.3) is 264 Å². The molecule has 0 unspecified atom stereocenters. The van der Waals surface area contributed by atoms with Gasteiger partial charge in [-0.3, -0.25) is 0 Å². The maximum absolute atomic E-state index is 2.43. The average molecular weight is 1860 g/mol. The fraction of sp³-hybridized carbons (Fsp3) is 0. The maximum atomic E-state index is 2.43. The molecule has 30 rings (SSSR count). The zero-order valence-electron chi connectivity index (χ0n) is 79.8. The molecule has 0 bridgehead atoms. The molecule has 0 fully saturated rings. The van der Waals surface area contributed by atoms with Crippen molar-refractivity contribution in [2.45, 2.75) is 0 Å². The SMILES string of the molecule is c1ccc(-c2cccc(-n3c4ccccc4c4cc(-c5ccc6c(c5)c5ccccc5n6-c5ccccc5-c5ccccc5)ccc43)c2)cc1.c1ccc(-c2ccccc2-n2c3ccccc3c3cc(-c4ccc5c(c4)c4ccccc4n5-c4ccc5ccccc5c4)ccc32)cc1.c1ccc(-c2ccccc2-n2c3ccccc3c3cc(-c4ccc5c(c4)c4ccccc4n5-c4cccc5ccccc45)ccc32)cc1.